The topological polar surface area (TPSA) is 239 Å². The molecule has 2 bridgehead atoms. The molecule has 4 aliphatic rings. The Morgan fingerprint density at radius 3 is 2.35 bits per heavy atom. The molecular weight excluding hydrogens is 953 g/mol. The number of nitro benzene ring substituents is 1. The van der Waals surface area contributed by atoms with Gasteiger partial charge in [0.1, 0.15) is 30.1 Å². The van der Waals surface area contributed by atoms with Gasteiger partial charge in [-0.2, -0.15) is 0 Å². The van der Waals surface area contributed by atoms with Crippen molar-refractivity contribution in [1.82, 2.24) is 4.90 Å². The Morgan fingerprint density at radius 2 is 1.65 bits per heavy atom. The first-order chi connectivity index (χ1) is 35.1. The van der Waals surface area contributed by atoms with Crippen molar-refractivity contribution < 1.29 is 67.9 Å². The van der Waals surface area contributed by atoms with E-state index in [1.54, 1.807) is 53.0 Å². The van der Waals surface area contributed by atoms with Crippen LogP contribution >= 0.6 is 0 Å². The molecule has 1 aliphatic carbocycles. The zero-order valence-electron chi connectivity index (χ0n) is 44.9. The third-order valence-electron chi connectivity index (χ3n) is 15.8. The highest BCUT2D eigenvalue weighted by atomic mass is 16.6. The number of hydrogen-bond acceptors (Lipinski definition) is 15. The highest BCUT2D eigenvalue weighted by molar-refractivity contribution is 6.39. The van der Waals surface area contributed by atoms with E-state index in [0.717, 1.165) is 10.5 Å². The van der Waals surface area contributed by atoms with Crippen molar-refractivity contribution in [3.63, 3.8) is 0 Å². The number of esters is 1. The zero-order valence-corrected chi connectivity index (χ0v) is 44.9. The molecule has 17 heteroatoms. The molecule has 1 saturated carbocycles. The lowest BCUT2D eigenvalue weighted by Crippen LogP contribution is -2.61. The number of fused-ring (bicyclic) bond motifs is 3. The summed E-state index contributed by atoms with van der Waals surface area (Å²) in [4.78, 5) is 83.7. The molecule has 3 N–H and O–H groups in total. The van der Waals surface area contributed by atoms with Gasteiger partial charge in [0, 0.05) is 63.5 Å². The van der Waals surface area contributed by atoms with Gasteiger partial charge in [0.05, 0.1) is 35.9 Å². The summed E-state index contributed by atoms with van der Waals surface area (Å²) in [5, 5.41) is 45.8. The molecule has 410 valence electrons. The van der Waals surface area contributed by atoms with Gasteiger partial charge in [0.15, 0.2) is 5.78 Å². The molecule has 0 aromatic heterocycles. The molecular formula is C57H82N2O15. The number of cyclic esters (lactones) is 1. The van der Waals surface area contributed by atoms with Crippen LogP contribution in [-0.4, -0.2) is 130 Å². The molecule has 3 heterocycles. The van der Waals surface area contributed by atoms with E-state index in [4.69, 9.17) is 23.7 Å². The maximum absolute atomic E-state index is 14.5. The van der Waals surface area contributed by atoms with Gasteiger partial charge in [-0.3, -0.25) is 29.3 Å². The van der Waals surface area contributed by atoms with Gasteiger partial charge >= 0.3 is 5.97 Å². The molecule has 0 unspecified atom stereocenters. The van der Waals surface area contributed by atoms with Crippen LogP contribution in [0.5, 0.6) is 0 Å². The number of methoxy groups -OCH3 is 2. The third kappa shape index (κ3) is 15.9. The fourth-order valence-electron chi connectivity index (χ4n) is 11.0. The smallest absolute Gasteiger partial charge is 0.329 e. The normalized spacial score (nSPS) is 36.8. The van der Waals surface area contributed by atoms with Crippen molar-refractivity contribution in [3.05, 3.63) is 87.5 Å². The highest BCUT2D eigenvalue weighted by Gasteiger charge is 2.53. The summed E-state index contributed by atoms with van der Waals surface area (Å²) >= 11 is 0. The standard InChI is InChI=1S/C57H82N2O15/c1-34-16-11-10-12-17-35(2)48(72-33-42-18-15-19-43(29-42)59(68)69)31-44-23-21-40(7)57(67,74-44)54(64)55(65)58-25-14-13-20-45(58)56(66)73-49(37(4)28-41-22-24-46(60)50(30-41)70-8)32-47(61)36(3)27-39(6)52(63)53(71-9)51(62)38(5)26-34/h10-12,15-19,27,29,34,36-38,40-41,44-46,48-50,52-53,60,63,67H,13-14,20-26,28,30-33H2,1-9H3/b12-10+,16-11+,35-17+,39-27+/t34-,36-,37-,38-,40-,41+,44+,45+,46-,48+,49+,50-,52-,53+,57-/m1/s1. The maximum atomic E-state index is 14.5. The van der Waals surface area contributed by atoms with Crippen LogP contribution in [0.25, 0.3) is 0 Å². The van der Waals surface area contributed by atoms with Gasteiger partial charge in [-0.05, 0) is 113 Å². The van der Waals surface area contributed by atoms with Crippen molar-refractivity contribution in [2.24, 2.45) is 35.5 Å². The van der Waals surface area contributed by atoms with E-state index >= 15 is 0 Å². The summed E-state index contributed by atoms with van der Waals surface area (Å²) in [5.74, 6) is -8.63. The van der Waals surface area contributed by atoms with Crippen LogP contribution in [-0.2, 0) is 54.3 Å². The number of aliphatic hydroxyl groups is 3. The number of ether oxygens (including phenoxy) is 5. The van der Waals surface area contributed by atoms with E-state index in [2.05, 4.69) is 0 Å². The van der Waals surface area contributed by atoms with Gasteiger partial charge in [-0.15, -0.1) is 0 Å². The number of nitrogens with zero attached hydrogens (tertiary/aromatic N) is 2. The number of piperidine rings is 1. The first kappa shape index (κ1) is 60.1. The second-order valence-corrected chi connectivity index (χ2v) is 21.6. The van der Waals surface area contributed by atoms with Crippen LogP contribution < -0.4 is 0 Å². The van der Waals surface area contributed by atoms with Crippen LogP contribution in [0.3, 0.4) is 0 Å². The molecule has 1 aromatic rings. The Labute approximate surface area is 436 Å². The average Bonchev–Trinajstić information content (AvgIpc) is 3.37. The number of hydrogen-bond donors (Lipinski definition) is 3. The molecule has 0 spiro atoms. The lowest BCUT2D eigenvalue weighted by Gasteiger charge is -2.43. The minimum atomic E-state index is -2.55. The molecule has 2 saturated heterocycles. The summed E-state index contributed by atoms with van der Waals surface area (Å²) in [5.41, 5.74) is 1.57. The number of non-ortho nitro benzene ring substituents is 1. The molecule has 15 atom stereocenters. The largest absolute Gasteiger partial charge is 0.460 e. The van der Waals surface area contributed by atoms with Crippen LogP contribution in [0.1, 0.15) is 131 Å². The van der Waals surface area contributed by atoms with Crippen LogP contribution in [0.2, 0.25) is 0 Å². The first-order valence-corrected chi connectivity index (χ1v) is 26.6. The fraction of sp³-hybridized carbons (Fsp3) is 0.667. The number of benzene rings is 1. The summed E-state index contributed by atoms with van der Waals surface area (Å²) in [6, 6.07) is 4.90. The summed E-state index contributed by atoms with van der Waals surface area (Å²) in [7, 11) is 2.91. The van der Waals surface area contributed by atoms with E-state index in [0.29, 0.717) is 68.9 Å². The minimum absolute atomic E-state index is 0.00451. The van der Waals surface area contributed by atoms with E-state index in [1.165, 1.54) is 19.2 Å². The number of ketones is 3. The van der Waals surface area contributed by atoms with Crippen LogP contribution in [0, 0.1) is 45.6 Å². The number of amides is 1. The third-order valence-corrected chi connectivity index (χ3v) is 15.8. The SMILES string of the molecule is CO[C@@H]1C[C@H](C[C@@H](C)[C@@H]2CC(=O)[C@H](C)/C=C(\C)[C@@H](O)[C@@H](OC)C(=O)[C@H](C)C[C@H](C)/C=C/C=C/C=C(\C)[C@@H](OCc3cccc([N+](=O)[O-])c3)C[C@@H]3CC[C@@H](C)[C@@](O)(O3)C(=O)C(=O)N3CCCC[C@H]3C(=O)O2)CC[C@H]1O. The Morgan fingerprint density at radius 1 is 0.905 bits per heavy atom. The Kier molecular flexibility index (Phi) is 22.6. The number of Topliss-reactive ketones (excluding diaryl/α,β-unsaturated/α-hetero) is 3. The lowest BCUT2D eigenvalue weighted by molar-refractivity contribution is -0.385. The second-order valence-electron chi connectivity index (χ2n) is 21.6. The van der Waals surface area contributed by atoms with E-state index < -0.39 is 88.8 Å². The molecule has 0 radical (unpaired) electrons. The zero-order chi connectivity index (χ0) is 54.4. The molecule has 5 rings (SSSR count). The quantitative estimate of drug-likeness (QED) is 0.0708. The van der Waals surface area contributed by atoms with Gasteiger partial charge in [-0.1, -0.05) is 83.2 Å². The predicted octanol–water partition coefficient (Wildman–Crippen LogP) is 7.66. The van der Waals surface area contributed by atoms with Crippen LogP contribution in [0.4, 0.5) is 5.69 Å². The van der Waals surface area contributed by atoms with E-state index in [9.17, 15) is 49.4 Å². The number of allylic oxidation sites excluding steroid dienone is 6. The Hall–Kier alpha value is -4.75. The van der Waals surface area contributed by atoms with Crippen molar-refractivity contribution in [1.29, 1.82) is 0 Å². The van der Waals surface area contributed by atoms with Crippen molar-refractivity contribution in [2.45, 2.75) is 187 Å². The molecule has 17 nitrogen and oxygen atoms in total. The van der Waals surface area contributed by atoms with Crippen molar-refractivity contribution in [2.75, 3.05) is 20.8 Å². The van der Waals surface area contributed by atoms with Gasteiger partial charge in [-0.25, -0.2) is 4.79 Å². The maximum Gasteiger partial charge on any atom is 0.329 e. The fourth-order valence-corrected chi connectivity index (χ4v) is 11.0. The number of nitro groups is 1. The molecule has 1 aromatic carbocycles. The average molecular weight is 1040 g/mol. The Balaban J connectivity index is 1.50. The summed E-state index contributed by atoms with van der Waals surface area (Å²) < 4.78 is 30.1. The number of carbonyl (C=O) groups excluding carboxylic acids is 5. The van der Waals surface area contributed by atoms with E-state index in [-0.39, 0.29) is 73.5 Å². The predicted molar refractivity (Wildman–Crippen MR) is 276 cm³/mol. The summed E-state index contributed by atoms with van der Waals surface area (Å²) in [6.07, 6.45) is 9.61. The first-order valence-electron chi connectivity index (χ1n) is 26.6. The second kappa shape index (κ2) is 27.9. The van der Waals surface area contributed by atoms with E-state index in [1.807, 2.05) is 51.2 Å². The highest BCUT2D eigenvalue weighted by Crippen LogP contribution is 2.38. The van der Waals surface area contributed by atoms with Crippen molar-refractivity contribution in [3.8, 4) is 0 Å². The van der Waals surface area contributed by atoms with Crippen LogP contribution in [0.15, 0.2) is 71.9 Å². The van der Waals surface area contributed by atoms with Gasteiger partial charge in [0.25, 0.3) is 17.4 Å². The lowest BCUT2D eigenvalue weighted by atomic mass is 9.78. The number of carbonyl (C=O) groups is 5. The van der Waals surface area contributed by atoms with Crippen molar-refractivity contribution >= 4 is 34.9 Å². The minimum Gasteiger partial charge on any atom is -0.460 e. The Bertz CT molecular complexity index is 2240. The van der Waals surface area contributed by atoms with Gasteiger partial charge in [0.2, 0.25) is 5.79 Å². The van der Waals surface area contributed by atoms with Gasteiger partial charge < -0.3 is 43.9 Å². The molecule has 1 amide bonds. The molecule has 3 aliphatic heterocycles. The molecule has 3 fully saturated rings. The number of rotatable bonds is 9. The molecule has 74 heavy (non-hydrogen) atoms. The number of aliphatic hydroxyl groups excluding tert-OH is 2. The monoisotopic (exact) mass is 1030 g/mol. The summed E-state index contributed by atoms with van der Waals surface area (Å²) in [6.45, 7) is 12.5.